The van der Waals surface area contributed by atoms with Gasteiger partial charge in [-0.2, -0.15) is 0 Å². The van der Waals surface area contributed by atoms with E-state index in [0.29, 0.717) is 12.1 Å². The maximum absolute atomic E-state index is 13.8. The highest BCUT2D eigenvalue weighted by atomic mass is 79.9. The van der Waals surface area contributed by atoms with Crippen molar-refractivity contribution >= 4 is 21.8 Å². The third-order valence-corrected chi connectivity index (χ3v) is 3.76. The van der Waals surface area contributed by atoms with Crippen LogP contribution < -0.4 is 4.74 Å². The number of carbonyl (C=O) groups is 1. The van der Waals surface area contributed by atoms with Crippen LogP contribution in [0.15, 0.2) is 46.9 Å². The smallest absolute Gasteiger partial charge is 0.260 e. The minimum atomic E-state index is -0.432. The molecular weight excluding hydrogens is 368 g/mol. The summed E-state index contributed by atoms with van der Waals surface area (Å²) in [5.41, 5.74) is 0.417. The molecular formula is C17H16BrF2NO2. The molecule has 1 amide bonds. The van der Waals surface area contributed by atoms with Crippen molar-refractivity contribution in [3.63, 3.8) is 0 Å². The standard InChI is InChI=1S/C17H16BrF2NO2/c1-2-21(10-12-8-13(18)6-7-16(12)20)17(22)11-23-15-5-3-4-14(19)9-15/h3-9H,2,10-11H2,1H3. The van der Waals surface area contributed by atoms with Crippen LogP contribution in [0.1, 0.15) is 12.5 Å². The fraction of sp³-hybridized carbons (Fsp3) is 0.235. The zero-order chi connectivity index (χ0) is 16.8. The molecule has 0 heterocycles. The van der Waals surface area contributed by atoms with Gasteiger partial charge in [-0.1, -0.05) is 22.0 Å². The van der Waals surface area contributed by atoms with Crippen LogP contribution in [0.5, 0.6) is 5.75 Å². The van der Waals surface area contributed by atoms with Gasteiger partial charge in [-0.15, -0.1) is 0 Å². The second-order valence-electron chi connectivity index (χ2n) is 4.89. The lowest BCUT2D eigenvalue weighted by molar-refractivity contribution is -0.133. The second-order valence-corrected chi connectivity index (χ2v) is 5.81. The van der Waals surface area contributed by atoms with E-state index in [4.69, 9.17) is 4.74 Å². The quantitative estimate of drug-likeness (QED) is 0.749. The molecule has 0 fully saturated rings. The SMILES string of the molecule is CCN(Cc1cc(Br)ccc1F)C(=O)COc1cccc(F)c1. The summed E-state index contributed by atoms with van der Waals surface area (Å²) < 4.78 is 32.9. The summed E-state index contributed by atoms with van der Waals surface area (Å²) in [5.74, 6) is -0.817. The fourth-order valence-corrected chi connectivity index (χ4v) is 2.45. The number of nitrogens with zero attached hydrogens (tertiary/aromatic N) is 1. The predicted molar refractivity (Wildman–Crippen MR) is 87.1 cm³/mol. The Hall–Kier alpha value is -1.95. The number of hydrogen-bond donors (Lipinski definition) is 0. The highest BCUT2D eigenvalue weighted by Crippen LogP contribution is 2.18. The molecule has 0 spiro atoms. The van der Waals surface area contributed by atoms with Crippen molar-refractivity contribution in [1.82, 2.24) is 4.90 Å². The van der Waals surface area contributed by atoms with Gasteiger partial charge in [-0.25, -0.2) is 8.78 Å². The molecule has 0 aliphatic rings. The van der Waals surface area contributed by atoms with Crippen LogP contribution in [0, 0.1) is 11.6 Å². The predicted octanol–water partition coefficient (Wildman–Crippen LogP) is 4.15. The highest BCUT2D eigenvalue weighted by molar-refractivity contribution is 9.10. The van der Waals surface area contributed by atoms with Crippen molar-refractivity contribution in [3.05, 3.63) is 64.1 Å². The van der Waals surface area contributed by atoms with E-state index in [1.165, 1.54) is 29.2 Å². The summed E-state index contributed by atoms with van der Waals surface area (Å²) in [6.07, 6.45) is 0. The van der Waals surface area contributed by atoms with E-state index in [-0.39, 0.29) is 30.6 Å². The van der Waals surface area contributed by atoms with Gasteiger partial charge in [0, 0.05) is 29.2 Å². The number of benzene rings is 2. The number of ether oxygens (including phenoxy) is 1. The lowest BCUT2D eigenvalue weighted by atomic mass is 10.2. The Bertz CT molecular complexity index is 694. The topological polar surface area (TPSA) is 29.5 Å². The molecule has 2 aromatic rings. The number of likely N-dealkylation sites (N-methyl/N-ethyl adjacent to an activating group) is 1. The van der Waals surface area contributed by atoms with E-state index in [9.17, 15) is 13.6 Å². The summed E-state index contributed by atoms with van der Waals surface area (Å²) in [6.45, 7) is 2.13. The van der Waals surface area contributed by atoms with E-state index in [2.05, 4.69) is 15.9 Å². The molecule has 0 radical (unpaired) electrons. The van der Waals surface area contributed by atoms with Gasteiger partial charge in [-0.3, -0.25) is 4.79 Å². The van der Waals surface area contributed by atoms with Crippen molar-refractivity contribution in [2.45, 2.75) is 13.5 Å². The summed E-state index contributed by atoms with van der Waals surface area (Å²) in [5, 5.41) is 0. The lowest BCUT2D eigenvalue weighted by Gasteiger charge is -2.21. The minimum absolute atomic E-state index is 0.146. The van der Waals surface area contributed by atoms with E-state index in [0.717, 1.165) is 4.47 Å². The van der Waals surface area contributed by atoms with Crippen LogP contribution in [0.2, 0.25) is 0 Å². The lowest BCUT2D eigenvalue weighted by Crippen LogP contribution is -2.34. The summed E-state index contributed by atoms with van der Waals surface area (Å²) in [4.78, 5) is 13.7. The molecule has 0 bridgehead atoms. The molecule has 0 aliphatic heterocycles. The van der Waals surface area contributed by atoms with Gasteiger partial charge in [0.25, 0.3) is 5.91 Å². The number of rotatable bonds is 6. The zero-order valence-electron chi connectivity index (χ0n) is 12.6. The molecule has 0 saturated heterocycles. The van der Waals surface area contributed by atoms with Crippen molar-refractivity contribution < 1.29 is 18.3 Å². The van der Waals surface area contributed by atoms with E-state index >= 15 is 0 Å². The van der Waals surface area contributed by atoms with E-state index in [1.54, 1.807) is 25.1 Å². The maximum atomic E-state index is 13.8. The van der Waals surface area contributed by atoms with Gasteiger partial charge in [0.15, 0.2) is 6.61 Å². The first kappa shape index (κ1) is 17.4. The molecule has 0 saturated carbocycles. The Kier molecular flexibility index (Phi) is 6.10. The van der Waals surface area contributed by atoms with Gasteiger partial charge in [0.2, 0.25) is 0 Å². The largest absolute Gasteiger partial charge is 0.484 e. The molecule has 0 aliphatic carbocycles. The molecule has 3 nitrogen and oxygen atoms in total. The first-order chi connectivity index (χ1) is 11.0. The van der Waals surface area contributed by atoms with Crippen molar-refractivity contribution in [2.24, 2.45) is 0 Å². The number of halogens is 3. The summed E-state index contributed by atoms with van der Waals surface area (Å²) >= 11 is 3.28. The normalized spacial score (nSPS) is 10.4. The Morgan fingerprint density at radius 1 is 1.22 bits per heavy atom. The first-order valence-electron chi connectivity index (χ1n) is 7.09. The highest BCUT2D eigenvalue weighted by Gasteiger charge is 2.15. The van der Waals surface area contributed by atoms with E-state index in [1.807, 2.05) is 0 Å². The Morgan fingerprint density at radius 2 is 2.00 bits per heavy atom. The fourth-order valence-electron chi connectivity index (χ4n) is 2.04. The van der Waals surface area contributed by atoms with Crippen LogP contribution in [-0.2, 0) is 11.3 Å². The average molecular weight is 384 g/mol. The van der Waals surface area contributed by atoms with Crippen LogP contribution in [0.4, 0.5) is 8.78 Å². The molecule has 0 atom stereocenters. The monoisotopic (exact) mass is 383 g/mol. The zero-order valence-corrected chi connectivity index (χ0v) is 14.1. The van der Waals surface area contributed by atoms with Crippen LogP contribution in [0.25, 0.3) is 0 Å². The van der Waals surface area contributed by atoms with Gasteiger partial charge in [-0.05, 0) is 37.3 Å². The van der Waals surface area contributed by atoms with E-state index < -0.39 is 5.82 Å². The number of amides is 1. The average Bonchev–Trinajstić information content (AvgIpc) is 2.53. The summed E-state index contributed by atoms with van der Waals surface area (Å²) in [7, 11) is 0. The van der Waals surface area contributed by atoms with Crippen molar-refractivity contribution in [2.75, 3.05) is 13.2 Å². The first-order valence-corrected chi connectivity index (χ1v) is 7.89. The van der Waals surface area contributed by atoms with Crippen LogP contribution in [0.3, 0.4) is 0 Å². The van der Waals surface area contributed by atoms with Gasteiger partial charge < -0.3 is 9.64 Å². The number of hydrogen-bond acceptors (Lipinski definition) is 2. The maximum Gasteiger partial charge on any atom is 0.260 e. The van der Waals surface area contributed by atoms with Crippen LogP contribution in [-0.4, -0.2) is 24.0 Å². The third-order valence-electron chi connectivity index (χ3n) is 3.26. The Labute approximate surface area is 142 Å². The van der Waals surface area contributed by atoms with Gasteiger partial charge in [0.1, 0.15) is 17.4 Å². The van der Waals surface area contributed by atoms with Crippen LogP contribution >= 0.6 is 15.9 Å². The Balaban J connectivity index is 1.99. The van der Waals surface area contributed by atoms with Crippen molar-refractivity contribution in [1.29, 1.82) is 0 Å². The Morgan fingerprint density at radius 3 is 2.70 bits per heavy atom. The minimum Gasteiger partial charge on any atom is -0.484 e. The summed E-state index contributed by atoms with van der Waals surface area (Å²) in [6, 6.07) is 10.2. The third kappa shape index (κ3) is 5.03. The number of carbonyl (C=O) groups excluding carboxylic acids is 1. The molecule has 6 heteroatoms. The molecule has 23 heavy (non-hydrogen) atoms. The molecule has 0 N–H and O–H groups in total. The molecule has 2 rings (SSSR count). The van der Waals surface area contributed by atoms with Gasteiger partial charge in [0.05, 0.1) is 0 Å². The molecule has 0 aromatic heterocycles. The van der Waals surface area contributed by atoms with Crippen molar-refractivity contribution in [3.8, 4) is 5.75 Å². The molecule has 2 aromatic carbocycles. The second kappa shape index (κ2) is 8.06. The van der Waals surface area contributed by atoms with Gasteiger partial charge >= 0.3 is 0 Å². The molecule has 122 valence electrons. The molecule has 0 unspecified atom stereocenters.